The highest BCUT2D eigenvalue weighted by atomic mass is 32.2. The van der Waals surface area contributed by atoms with Gasteiger partial charge in [-0.15, -0.1) is 0 Å². The van der Waals surface area contributed by atoms with Crippen molar-refractivity contribution < 1.29 is 9.47 Å². The Kier molecular flexibility index (Phi) is 9.44. The molecular weight excluding hydrogens is 384 g/mol. The van der Waals surface area contributed by atoms with Gasteiger partial charge in [0.05, 0.1) is 6.10 Å². The van der Waals surface area contributed by atoms with Gasteiger partial charge in [-0.2, -0.15) is 11.8 Å². The number of aliphatic imine (C=N–C) groups is 1. The molecule has 2 fully saturated rings. The Morgan fingerprint density at radius 1 is 1.10 bits per heavy atom. The zero-order chi connectivity index (χ0) is 20.3. The minimum absolute atomic E-state index is 0.363. The summed E-state index contributed by atoms with van der Waals surface area (Å²) in [4.78, 5) is 9.32. The highest BCUT2D eigenvalue weighted by molar-refractivity contribution is 7.99. The Hall–Kier alpha value is -1.44. The molecule has 0 amide bonds. The number of thioether (sulfide) groups is 1. The van der Waals surface area contributed by atoms with Gasteiger partial charge in [-0.3, -0.25) is 4.99 Å². The standard InChI is InChI=1S/C22H36N4O2S/c1-23-22(26-10-8-21(9-11-26)28-15-3-14-27-2)24-18-19-4-6-20(7-5-19)25-12-16-29-17-13-25/h4-7,21H,3,8-18H2,1-2H3,(H,23,24). The number of hydrogen-bond acceptors (Lipinski definition) is 5. The lowest BCUT2D eigenvalue weighted by atomic mass is 10.1. The first-order valence-electron chi connectivity index (χ1n) is 10.8. The zero-order valence-electron chi connectivity index (χ0n) is 17.9. The summed E-state index contributed by atoms with van der Waals surface area (Å²) in [6.07, 6.45) is 3.43. The minimum Gasteiger partial charge on any atom is -0.385 e. The molecule has 2 saturated heterocycles. The Labute approximate surface area is 180 Å². The second-order valence-electron chi connectivity index (χ2n) is 7.57. The van der Waals surface area contributed by atoms with Crippen molar-refractivity contribution in [2.24, 2.45) is 4.99 Å². The maximum Gasteiger partial charge on any atom is 0.193 e. The van der Waals surface area contributed by atoms with Gasteiger partial charge < -0.3 is 24.6 Å². The molecule has 0 aliphatic carbocycles. The van der Waals surface area contributed by atoms with E-state index in [1.165, 1.54) is 22.8 Å². The molecule has 0 unspecified atom stereocenters. The van der Waals surface area contributed by atoms with Crippen LogP contribution in [-0.2, 0) is 16.0 Å². The second-order valence-corrected chi connectivity index (χ2v) is 8.79. The molecule has 3 rings (SSSR count). The first-order chi connectivity index (χ1) is 14.3. The fraction of sp³-hybridized carbons (Fsp3) is 0.682. The molecule has 1 aromatic rings. The third-order valence-corrected chi connectivity index (χ3v) is 6.51. The number of anilines is 1. The van der Waals surface area contributed by atoms with Gasteiger partial charge >= 0.3 is 0 Å². The zero-order valence-corrected chi connectivity index (χ0v) is 18.8. The van der Waals surface area contributed by atoms with Crippen LogP contribution < -0.4 is 10.2 Å². The van der Waals surface area contributed by atoms with Gasteiger partial charge in [0.2, 0.25) is 0 Å². The predicted octanol–water partition coefficient (Wildman–Crippen LogP) is 2.83. The maximum atomic E-state index is 5.96. The molecular formula is C22H36N4O2S. The van der Waals surface area contributed by atoms with E-state index in [0.29, 0.717) is 6.10 Å². The molecule has 0 saturated carbocycles. The van der Waals surface area contributed by atoms with Crippen molar-refractivity contribution in [3.05, 3.63) is 29.8 Å². The summed E-state index contributed by atoms with van der Waals surface area (Å²) < 4.78 is 11.0. The molecule has 2 aliphatic rings. The highest BCUT2D eigenvalue weighted by Gasteiger charge is 2.21. The van der Waals surface area contributed by atoms with Crippen LogP contribution in [0.5, 0.6) is 0 Å². The van der Waals surface area contributed by atoms with Crippen LogP contribution in [0.25, 0.3) is 0 Å². The fourth-order valence-electron chi connectivity index (χ4n) is 3.85. The number of benzene rings is 1. The minimum atomic E-state index is 0.363. The molecule has 0 atom stereocenters. The Morgan fingerprint density at radius 3 is 2.48 bits per heavy atom. The van der Waals surface area contributed by atoms with Gasteiger partial charge in [0.1, 0.15) is 0 Å². The molecule has 6 nitrogen and oxygen atoms in total. The van der Waals surface area contributed by atoms with Crippen LogP contribution in [0.1, 0.15) is 24.8 Å². The van der Waals surface area contributed by atoms with Gasteiger partial charge in [0.25, 0.3) is 0 Å². The summed E-state index contributed by atoms with van der Waals surface area (Å²) in [5, 5.41) is 3.53. The molecule has 1 aromatic carbocycles. The van der Waals surface area contributed by atoms with Crippen molar-refractivity contribution in [2.45, 2.75) is 31.9 Å². The number of ether oxygens (including phenoxy) is 2. The predicted molar refractivity (Wildman–Crippen MR) is 123 cm³/mol. The maximum absolute atomic E-state index is 5.96. The average Bonchev–Trinajstić information content (AvgIpc) is 2.79. The van der Waals surface area contributed by atoms with E-state index in [1.54, 1.807) is 7.11 Å². The lowest BCUT2D eigenvalue weighted by Crippen LogP contribution is -2.46. The molecule has 0 radical (unpaired) electrons. The lowest BCUT2D eigenvalue weighted by molar-refractivity contribution is 0.00989. The van der Waals surface area contributed by atoms with E-state index in [1.807, 2.05) is 18.8 Å². The number of hydrogen-bond donors (Lipinski definition) is 1. The Balaban J connectivity index is 1.40. The van der Waals surface area contributed by atoms with Crippen LogP contribution in [-0.4, -0.2) is 82.0 Å². The fourth-order valence-corrected chi connectivity index (χ4v) is 4.75. The smallest absolute Gasteiger partial charge is 0.193 e. The van der Waals surface area contributed by atoms with E-state index in [2.05, 4.69) is 44.4 Å². The number of rotatable bonds is 8. The molecule has 162 valence electrons. The van der Waals surface area contributed by atoms with Crippen LogP contribution in [0.2, 0.25) is 0 Å². The van der Waals surface area contributed by atoms with Crippen LogP contribution in [0, 0.1) is 0 Å². The summed E-state index contributed by atoms with van der Waals surface area (Å²) in [5.74, 6) is 3.45. The summed E-state index contributed by atoms with van der Waals surface area (Å²) in [6.45, 7) is 6.64. The number of piperidine rings is 1. The van der Waals surface area contributed by atoms with Gasteiger partial charge in [-0.05, 0) is 37.0 Å². The number of methoxy groups -OCH3 is 1. The third kappa shape index (κ3) is 7.08. The SMILES string of the molecule is CN=C(NCc1ccc(N2CCSCC2)cc1)N1CCC(OCCCOC)CC1. The molecule has 1 N–H and O–H groups in total. The van der Waals surface area contributed by atoms with Gasteiger partial charge in [0, 0.05) is 77.3 Å². The molecule has 29 heavy (non-hydrogen) atoms. The average molecular weight is 421 g/mol. The van der Waals surface area contributed by atoms with Crippen LogP contribution in [0.3, 0.4) is 0 Å². The van der Waals surface area contributed by atoms with Crippen molar-refractivity contribution in [3.63, 3.8) is 0 Å². The lowest BCUT2D eigenvalue weighted by Gasteiger charge is -2.34. The van der Waals surface area contributed by atoms with Crippen LogP contribution in [0.15, 0.2) is 29.3 Å². The topological polar surface area (TPSA) is 49.3 Å². The molecule has 0 aromatic heterocycles. The largest absolute Gasteiger partial charge is 0.385 e. The van der Waals surface area contributed by atoms with Crippen LogP contribution >= 0.6 is 11.8 Å². The summed E-state index contributed by atoms with van der Waals surface area (Å²) in [7, 11) is 3.60. The molecule has 0 bridgehead atoms. The number of likely N-dealkylation sites (tertiary alicyclic amines) is 1. The van der Waals surface area contributed by atoms with E-state index < -0.39 is 0 Å². The normalized spacial score (nSPS) is 18.9. The van der Waals surface area contributed by atoms with Crippen molar-refractivity contribution in [3.8, 4) is 0 Å². The van der Waals surface area contributed by atoms with Crippen molar-refractivity contribution >= 4 is 23.4 Å². The molecule has 2 aliphatic heterocycles. The van der Waals surface area contributed by atoms with Crippen molar-refractivity contribution in [1.29, 1.82) is 0 Å². The van der Waals surface area contributed by atoms with E-state index in [9.17, 15) is 0 Å². The summed E-state index contributed by atoms with van der Waals surface area (Å²) in [5.41, 5.74) is 2.63. The van der Waals surface area contributed by atoms with E-state index >= 15 is 0 Å². The molecule has 7 heteroatoms. The highest BCUT2D eigenvalue weighted by Crippen LogP contribution is 2.20. The first kappa shape index (κ1) is 22.2. The first-order valence-corrected chi connectivity index (χ1v) is 11.9. The number of guanidine groups is 1. The van der Waals surface area contributed by atoms with Crippen molar-refractivity contribution in [1.82, 2.24) is 10.2 Å². The Morgan fingerprint density at radius 2 is 1.83 bits per heavy atom. The Bertz CT molecular complexity index is 612. The summed E-state index contributed by atoms with van der Waals surface area (Å²) in [6, 6.07) is 8.97. The van der Waals surface area contributed by atoms with Crippen molar-refractivity contribution in [2.75, 3.05) is 70.0 Å². The monoisotopic (exact) mass is 420 g/mol. The summed E-state index contributed by atoms with van der Waals surface area (Å²) >= 11 is 2.05. The number of nitrogens with zero attached hydrogens (tertiary/aromatic N) is 3. The second kappa shape index (κ2) is 12.3. The molecule has 2 heterocycles. The van der Waals surface area contributed by atoms with E-state index in [0.717, 1.165) is 71.2 Å². The van der Waals surface area contributed by atoms with Gasteiger partial charge in [-0.1, -0.05) is 12.1 Å². The van der Waals surface area contributed by atoms with E-state index in [-0.39, 0.29) is 0 Å². The van der Waals surface area contributed by atoms with Gasteiger partial charge in [-0.25, -0.2) is 0 Å². The van der Waals surface area contributed by atoms with E-state index in [4.69, 9.17) is 9.47 Å². The quantitative estimate of drug-likeness (QED) is 0.397. The van der Waals surface area contributed by atoms with Crippen LogP contribution in [0.4, 0.5) is 5.69 Å². The number of nitrogens with one attached hydrogen (secondary N) is 1. The van der Waals surface area contributed by atoms with Gasteiger partial charge in [0.15, 0.2) is 5.96 Å². The third-order valence-electron chi connectivity index (χ3n) is 5.56. The molecule has 0 spiro atoms.